The van der Waals surface area contributed by atoms with Gasteiger partial charge in [-0.25, -0.2) is 0 Å². The molecule has 0 spiro atoms. The second-order valence-corrected chi connectivity index (χ2v) is 3.91. The van der Waals surface area contributed by atoms with Crippen molar-refractivity contribution in [1.82, 2.24) is 14.3 Å². The second kappa shape index (κ2) is 3.84. The van der Waals surface area contributed by atoms with Gasteiger partial charge in [0.2, 0.25) is 0 Å². The van der Waals surface area contributed by atoms with Crippen LogP contribution < -0.4 is 11.3 Å². The fraction of sp³-hybridized carbons (Fsp3) is 0.273. The first kappa shape index (κ1) is 10.5. The van der Waals surface area contributed by atoms with Crippen molar-refractivity contribution in [3.05, 3.63) is 41.1 Å². The van der Waals surface area contributed by atoms with E-state index in [1.165, 1.54) is 4.57 Å². The van der Waals surface area contributed by atoms with Gasteiger partial charge in [-0.2, -0.15) is 5.10 Å². The maximum absolute atomic E-state index is 11.7. The van der Waals surface area contributed by atoms with Crippen molar-refractivity contribution in [3.8, 4) is 5.69 Å². The molecule has 0 radical (unpaired) electrons. The molecule has 0 aliphatic carbocycles. The molecule has 5 nitrogen and oxygen atoms in total. The summed E-state index contributed by atoms with van der Waals surface area (Å²) in [6.07, 6.45) is 5.16. The standard InChI is InChI=1S/C11H14N4O/c1-8(2)15-7-9(6-13-15)14-5-3-4-10(12)11(14)16/h3-8H,12H2,1-2H3. The molecule has 0 aromatic carbocycles. The zero-order valence-corrected chi connectivity index (χ0v) is 9.29. The summed E-state index contributed by atoms with van der Waals surface area (Å²) in [5, 5.41) is 4.18. The third-order valence-electron chi connectivity index (χ3n) is 2.37. The SMILES string of the molecule is CC(C)n1cc(-n2cccc(N)c2=O)cn1. The Labute approximate surface area is 93.1 Å². The highest BCUT2D eigenvalue weighted by Gasteiger charge is 2.06. The molecule has 2 rings (SSSR count). The Kier molecular flexibility index (Phi) is 2.52. The molecule has 0 bridgehead atoms. The number of rotatable bonds is 2. The molecule has 0 atom stereocenters. The number of hydrogen-bond acceptors (Lipinski definition) is 3. The van der Waals surface area contributed by atoms with E-state index in [1.807, 2.05) is 20.0 Å². The van der Waals surface area contributed by atoms with E-state index in [-0.39, 0.29) is 17.3 Å². The number of hydrogen-bond donors (Lipinski definition) is 1. The Morgan fingerprint density at radius 3 is 2.81 bits per heavy atom. The maximum atomic E-state index is 11.7. The van der Waals surface area contributed by atoms with E-state index in [0.717, 1.165) is 5.69 Å². The van der Waals surface area contributed by atoms with Crippen LogP contribution in [0.5, 0.6) is 0 Å². The molecule has 2 heterocycles. The Morgan fingerprint density at radius 1 is 1.44 bits per heavy atom. The molecule has 2 aromatic rings. The smallest absolute Gasteiger partial charge is 0.278 e. The molecule has 2 aromatic heterocycles. The lowest BCUT2D eigenvalue weighted by molar-refractivity contribution is 0.532. The van der Waals surface area contributed by atoms with Crippen LogP contribution in [0.4, 0.5) is 5.69 Å². The third kappa shape index (κ3) is 1.71. The predicted octanol–water partition coefficient (Wildman–Crippen LogP) is 1.20. The van der Waals surface area contributed by atoms with Crippen LogP contribution >= 0.6 is 0 Å². The van der Waals surface area contributed by atoms with Gasteiger partial charge in [0.15, 0.2) is 0 Å². The van der Waals surface area contributed by atoms with Crippen LogP contribution in [0, 0.1) is 0 Å². The van der Waals surface area contributed by atoms with Gasteiger partial charge in [0.05, 0.1) is 17.6 Å². The van der Waals surface area contributed by atoms with Crippen LogP contribution in [0.25, 0.3) is 5.69 Å². The monoisotopic (exact) mass is 218 g/mol. The van der Waals surface area contributed by atoms with E-state index in [1.54, 1.807) is 29.2 Å². The van der Waals surface area contributed by atoms with Crippen molar-refractivity contribution in [1.29, 1.82) is 0 Å². The Bertz CT molecular complexity index is 553. The molecule has 0 saturated heterocycles. The van der Waals surface area contributed by atoms with E-state index in [4.69, 9.17) is 5.73 Å². The first-order chi connectivity index (χ1) is 7.59. The fourth-order valence-corrected chi connectivity index (χ4v) is 1.45. The first-order valence-corrected chi connectivity index (χ1v) is 5.11. The van der Waals surface area contributed by atoms with Gasteiger partial charge in [-0.1, -0.05) is 0 Å². The van der Waals surface area contributed by atoms with Gasteiger partial charge in [0.25, 0.3) is 5.56 Å². The van der Waals surface area contributed by atoms with E-state index in [0.29, 0.717) is 0 Å². The minimum absolute atomic E-state index is 0.217. The van der Waals surface area contributed by atoms with Crippen LogP contribution in [0.1, 0.15) is 19.9 Å². The Morgan fingerprint density at radius 2 is 2.19 bits per heavy atom. The Balaban J connectivity index is 2.51. The summed E-state index contributed by atoms with van der Waals surface area (Å²) >= 11 is 0. The first-order valence-electron chi connectivity index (χ1n) is 5.11. The maximum Gasteiger partial charge on any atom is 0.278 e. The van der Waals surface area contributed by atoms with Crippen molar-refractivity contribution in [2.75, 3.05) is 5.73 Å². The van der Waals surface area contributed by atoms with Crippen LogP contribution in [0.15, 0.2) is 35.5 Å². The van der Waals surface area contributed by atoms with E-state index >= 15 is 0 Å². The highest BCUT2D eigenvalue weighted by atomic mass is 16.1. The van der Waals surface area contributed by atoms with Crippen molar-refractivity contribution < 1.29 is 0 Å². The van der Waals surface area contributed by atoms with Gasteiger partial charge in [0, 0.05) is 18.4 Å². The van der Waals surface area contributed by atoms with Crippen LogP contribution in [0.3, 0.4) is 0 Å². The second-order valence-electron chi connectivity index (χ2n) is 3.91. The van der Waals surface area contributed by atoms with Gasteiger partial charge in [-0.3, -0.25) is 14.0 Å². The van der Waals surface area contributed by atoms with E-state index < -0.39 is 0 Å². The van der Waals surface area contributed by atoms with Crippen LogP contribution in [-0.4, -0.2) is 14.3 Å². The lowest BCUT2D eigenvalue weighted by Crippen LogP contribution is -2.19. The molecular weight excluding hydrogens is 204 g/mol. The lowest BCUT2D eigenvalue weighted by atomic mass is 10.4. The van der Waals surface area contributed by atoms with E-state index in [9.17, 15) is 4.79 Å². The number of nitrogens with two attached hydrogens (primary N) is 1. The van der Waals surface area contributed by atoms with Gasteiger partial charge < -0.3 is 5.73 Å². The summed E-state index contributed by atoms with van der Waals surface area (Å²) in [5.41, 5.74) is 6.31. The van der Waals surface area contributed by atoms with Crippen molar-refractivity contribution in [2.24, 2.45) is 0 Å². The molecule has 0 aliphatic heterocycles. The topological polar surface area (TPSA) is 65.8 Å². The third-order valence-corrected chi connectivity index (χ3v) is 2.37. The number of pyridine rings is 1. The largest absolute Gasteiger partial charge is 0.394 e. The molecule has 16 heavy (non-hydrogen) atoms. The summed E-state index contributed by atoms with van der Waals surface area (Å²) < 4.78 is 3.28. The fourth-order valence-electron chi connectivity index (χ4n) is 1.45. The predicted molar refractivity (Wildman–Crippen MR) is 62.6 cm³/mol. The van der Waals surface area contributed by atoms with Crippen molar-refractivity contribution in [3.63, 3.8) is 0 Å². The molecule has 0 amide bonds. The van der Waals surface area contributed by atoms with Gasteiger partial charge in [-0.05, 0) is 26.0 Å². The number of aromatic nitrogens is 3. The summed E-state index contributed by atoms with van der Waals surface area (Å²) in [6.45, 7) is 4.05. The van der Waals surface area contributed by atoms with Gasteiger partial charge in [-0.15, -0.1) is 0 Å². The zero-order valence-electron chi connectivity index (χ0n) is 9.29. The normalized spacial score (nSPS) is 10.9. The van der Waals surface area contributed by atoms with E-state index in [2.05, 4.69) is 5.10 Å². The summed E-state index contributed by atoms with van der Waals surface area (Å²) in [7, 11) is 0. The minimum Gasteiger partial charge on any atom is -0.394 e. The molecule has 5 heteroatoms. The molecule has 0 aliphatic rings. The number of nitrogen functional groups attached to an aromatic ring is 1. The summed E-state index contributed by atoms with van der Waals surface area (Å²) in [5.74, 6) is 0. The average molecular weight is 218 g/mol. The molecule has 2 N–H and O–H groups in total. The molecule has 0 unspecified atom stereocenters. The quantitative estimate of drug-likeness (QED) is 0.823. The summed E-state index contributed by atoms with van der Waals surface area (Å²) in [4.78, 5) is 11.7. The van der Waals surface area contributed by atoms with Crippen LogP contribution in [-0.2, 0) is 0 Å². The molecular formula is C11H14N4O. The van der Waals surface area contributed by atoms with Crippen molar-refractivity contribution in [2.45, 2.75) is 19.9 Å². The van der Waals surface area contributed by atoms with Gasteiger partial charge in [0.1, 0.15) is 0 Å². The van der Waals surface area contributed by atoms with Gasteiger partial charge >= 0.3 is 0 Å². The molecule has 84 valence electrons. The lowest BCUT2D eigenvalue weighted by Gasteiger charge is -2.04. The highest BCUT2D eigenvalue weighted by Crippen LogP contribution is 2.08. The molecule has 0 fully saturated rings. The Hall–Kier alpha value is -2.04. The molecule has 0 saturated carbocycles. The minimum atomic E-state index is -0.217. The average Bonchev–Trinajstić information content (AvgIpc) is 2.71. The number of nitrogens with zero attached hydrogens (tertiary/aromatic N) is 3. The van der Waals surface area contributed by atoms with Crippen molar-refractivity contribution >= 4 is 5.69 Å². The summed E-state index contributed by atoms with van der Waals surface area (Å²) in [6, 6.07) is 3.60. The number of anilines is 1. The zero-order chi connectivity index (χ0) is 11.7. The van der Waals surface area contributed by atoms with Crippen LogP contribution in [0.2, 0.25) is 0 Å². The highest BCUT2D eigenvalue weighted by molar-refractivity contribution is 5.38.